The van der Waals surface area contributed by atoms with Gasteiger partial charge in [0.05, 0.1) is 12.7 Å². The van der Waals surface area contributed by atoms with Crippen LogP contribution in [-0.4, -0.2) is 30.6 Å². The largest absolute Gasteiger partial charge is 0.462 e. The Morgan fingerprint density at radius 1 is 0.943 bits per heavy atom. The maximum Gasteiger partial charge on any atom is 0.306 e. The van der Waals surface area contributed by atoms with E-state index >= 15 is 0 Å². The minimum Gasteiger partial charge on any atom is -0.462 e. The summed E-state index contributed by atoms with van der Waals surface area (Å²) in [5.41, 5.74) is 0.823. The van der Waals surface area contributed by atoms with Crippen molar-refractivity contribution in [3.63, 3.8) is 0 Å². The molecule has 0 unspecified atom stereocenters. The van der Waals surface area contributed by atoms with Crippen LogP contribution in [-0.2, 0) is 19.0 Å². The highest BCUT2D eigenvalue weighted by atomic mass is 16.7. The molecule has 0 aromatic heterocycles. The first-order valence-corrected chi connectivity index (χ1v) is 15.2. The Hall–Kier alpha value is -0.610. The summed E-state index contributed by atoms with van der Waals surface area (Å²) in [7, 11) is 0. The second-order valence-corrected chi connectivity index (χ2v) is 14.3. The van der Waals surface area contributed by atoms with E-state index in [4.69, 9.17) is 14.2 Å². The lowest BCUT2D eigenvalue weighted by Crippen LogP contribution is -2.55. The Balaban J connectivity index is 1.17. The van der Waals surface area contributed by atoms with Crippen LogP contribution in [0, 0.1) is 52.3 Å². The van der Waals surface area contributed by atoms with E-state index in [1.54, 1.807) is 0 Å². The number of ether oxygens (including phenoxy) is 3. The molecule has 6 rings (SSSR count). The number of hydrogen-bond acceptors (Lipinski definition) is 4. The highest BCUT2D eigenvalue weighted by Crippen LogP contribution is 2.71. The van der Waals surface area contributed by atoms with Gasteiger partial charge in [-0.25, -0.2) is 0 Å². The zero-order valence-electron chi connectivity index (χ0n) is 23.0. The molecule has 0 radical (unpaired) electrons. The fraction of sp³-hybridized carbons (Fsp3) is 0.968. The average Bonchev–Trinajstić information content (AvgIpc) is 3.26. The Labute approximate surface area is 213 Å². The SMILES string of the molecule is CCCC(=O)O[C@H]1CC[C@@]2(C)[C@@H](CC[C@@H]3[C@@H]2CC[C@]2(C)[C@@H]4[C@@H](C[C@@H]32)O[C@]2(CC[C@H](C)CO2)[C@H]4C)C1. The third kappa shape index (κ3) is 3.69. The molecule has 0 aromatic rings. The quantitative estimate of drug-likeness (QED) is 0.398. The molecule has 198 valence electrons. The van der Waals surface area contributed by atoms with Gasteiger partial charge in [-0.2, -0.15) is 0 Å². The van der Waals surface area contributed by atoms with Gasteiger partial charge in [-0.05, 0) is 111 Å². The lowest BCUT2D eigenvalue weighted by atomic mass is 9.44. The molecule has 0 bridgehead atoms. The standard InChI is InChI=1S/C31H50O4/c1-6-7-27(32)34-22-11-13-29(4)21(16-22)8-9-23-24(29)12-14-30(5)25(23)17-26-28(30)20(3)31(35-26)15-10-19(2)18-33-31/h19-26,28H,6-18H2,1-5H3/t19-,20-,21-,22-,23+,24-,25-,26+,28-,29-,30-,31+/m0/s1. The van der Waals surface area contributed by atoms with Crippen LogP contribution in [0.3, 0.4) is 0 Å². The third-order valence-corrected chi connectivity index (χ3v) is 12.6. The number of carbonyl (C=O) groups is 1. The molecule has 0 N–H and O–H groups in total. The zero-order valence-corrected chi connectivity index (χ0v) is 23.0. The Morgan fingerprint density at radius 2 is 1.74 bits per heavy atom. The van der Waals surface area contributed by atoms with E-state index in [0.29, 0.717) is 41.1 Å². The van der Waals surface area contributed by atoms with E-state index in [0.717, 1.165) is 56.0 Å². The molecule has 0 aromatic carbocycles. The van der Waals surface area contributed by atoms with Gasteiger partial charge in [0.15, 0.2) is 5.79 Å². The third-order valence-electron chi connectivity index (χ3n) is 12.6. The first-order chi connectivity index (χ1) is 16.7. The van der Waals surface area contributed by atoms with Crippen molar-refractivity contribution in [1.29, 1.82) is 0 Å². The summed E-state index contributed by atoms with van der Waals surface area (Å²) in [4.78, 5) is 12.1. The van der Waals surface area contributed by atoms with Gasteiger partial charge in [0.25, 0.3) is 0 Å². The molecule has 6 fully saturated rings. The summed E-state index contributed by atoms with van der Waals surface area (Å²) >= 11 is 0. The molecule has 1 spiro atoms. The Morgan fingerprint density at radius 3 is 2.49 bits per heavy atom. The van der Waals surface area contributed by atoms with Crippen LogP contribution in [0.4, 0.5) is 0 Å². The van der Waals surface area contributed by atoms with Gasteiger partial charge in [-0.15, -0.1) is 0 Å². The Bertz CT molecular complexity index is 817. The van der Waals surface area contributed by atoms with Crippen LogP contribution in [0.15, 0.2) is 0 Å². The predicted octanol–water partition coefficient (Wildman–Crippen LogP) is 7.14. The molecule has 4 heteroatoms. The summed E-state index contributed by atoms with van der Waals surface area (Å²) in [6.07, 6.45) is 14.4. The van der Waals surface area contributed by atoms with Crippen LogP contribution >= 0.6 is 0 Å². The maximum atomic E-state index is 12.1. The average molecular weight is 487 g/mol. The van der Waals surface area contributed by atoms with Gasteiger partial charge in [0.2, 0.25) is 0 Å². The smallest absolute Gasteiger partial charge is 0.306 e. The van der Waals surface area contributed by atoms with Crippen LogP contribution in [0.1, 0.15) is 112 Å². The molecule has 0 amide bonds. The van der Waals surface area contributed by atoms with Crippen LogP contribution in [0.5, 0.6) is 0 Å². The van der Waals surface area contributed by atoms with Crippen molar-refractivity contribution in [3.05, 3.63) is 0 Å². The first-order valence-electron chi connectivity index (χ1n) is 15.2. The molecular formula is C31H50O4. The van der Waals surface area contributed by atoms with E-state index in [9.17, 15) is 4.79 Å². The van der Waals surface area contributed by atoms with Crippen molar-refractivity contribution in [3.8, 4) is 0 Å². The number of carbonyl (C=O) groups excluding carboxylic acids is 1. The summed E-state index contributed by atoms with van der Waals surface area (Å²) in [6.45, 7) is 12.9. The van der Waals surface area contributed by atoms with E-state index in [1.807, 2.05) is 0 Å². The molecular weight excluding hydrogens is 436 g/mol. The van der Waals surface area contributed by atoms with Gasteiger partial charge < -0.3 is 14.2 Å². The first kappa shape index (κ1) is 24.7. The van der Waals surface area contributed by atoms with Crippen molar-refractivity contribution in [2.24, 2.45) is 52.3 Å². The molecule has 35 heavy (non-hydrogen) atoms. The van der Waals surface area contributed by atoms with Crippen molar-refractivity contribution >= 4 is 5.97 Å². The second-order valence-electron chi connectivity index (χ2n) is 14.3. The minimum absolute atomic E-state index is 0.0176. The number of fused-ring (bicyclic) bond motifs is 7. The van der Waals surface area contributed by atoms with Crippen LogP contribution in [0.25, 0.3) is 0 Å². The fourth-order valence-electron chi connectivity index (χ4n) is 10.8. The molecule has 6 aliphatic rings. The van der Waals surface area contributed by atoms with E-state index < -0.39 is 0 Å². The van der Waals surface area contributed by atoms with Crippen LogP contribution < -0.4 is 0 Å². The molecule has 4 saturated carbocycles. The molecule has 12 atom stereocenters. The number of rotatable bonds is 3. The minimum atomic E-state index is -0.302. The molecule has 4 aliphatic carbocycles. The highest BCUT2D eigenvalue weighted by molar-refractivity contribution is 5.69. The Kier molecular flexibility index (Phi) is 6.15. The lowest BCUT2D eigenvalue weighted by molar-refractivity contribution is -0.273. The van der Waals surface area contributed by atoms with Crippen molar-refractivity contribution in [2.45, 2.75) is 130 Å². The van der Waals surface area contributed by atoms with Crippen molar-refractivity contribution in [2.75, 3.05) is 6.61 Å². The van der Waals surface area contributed by atoms with Gasteiger partial charge in [0.1, 0.15) is 6.10 Å². The van der Waals surface area contributed by atoms with Gasteiger partial charge in [-0.1, -0.05) is 34.6 Å². The monoisotopic (exact) mass is 486 g/mol. The van der Waals surface area contributed by atoms with Crippen molar-refractivity contribution < 1.29 is 19.0 Å². The fourth-order valence-corrected chi connectivity index (χ4v) is 10.8. The molecule has 2 saturated heterocycles. The van der Waals surface area contributed by atoms with E-state index in [1.165, 1.54) is 44.9 Å². The molecule has 4 nitrogen and oxygen atoms in total. The number of esters is 1. The predicted molar refractivity (Wildman–Crippen MR) is 137 cm³/mol. The zero-order chi connectivity index (χ0) is 24.6. The van der Waals surface area contributed by atoms with Gasteiger partial charge >= 0.3 is 5.97 Å². The maximum absolute atomic E-state index is 12.1. The summed E-state index contributed by atoms with van der Waals surface area (Å²) < 4.78 is 19.3. The highest BCUT2D eigenvalue weighted by Gasteiger charge is 2.69. The van der Waals surface area contributed by atoms with Gasteiger partial charge in [-0.3, -0.25) is 4.79 Å². The summed E-state index contributed by atoms with van der Waals surface area (Å²) in [5.74, 6) is 4.74. The van der Waals surface area contributed by atoms with Gasteiger partial charge in [0, 0.05) is 18.8 Å². The summed E-state index contributed by atoms with van der Waals surface area (Å²) in [5, 5.41) is 0. The molecule has 2 aliphatic heterocycles. The van der Waals surface area contributed by atoms with Crippen LogP contribution in [0.2, 0.25) is 0 Å². The summed E-state index contributed by atoms with van der Waals surface area (Å²) in [6, 6.07) is 0. The molecule has 2 heterocycles. The normalized spacial score (nSPS) is 55.1. The van der Waals surface area contributed by atoms with E-state index in [2.05, 4.69) is 34.6 Å². The van der Waals surface area contributed by atoms with Crippen molar-refractivity contribution in [1.82, 2.24) is 0 Å². The number of hydrogen-bond donors (Lipinski definition) is 0. The lowest BCUT2D eigenvalue weighted by Gasteiger charge is -2.61. The van der Waals surface area contributed by atoms with E-state index in [-0.39, 0.29) is 17.9 Å². The topological polar surface area (TPSA) is 44.8 Å². The second kappa shape index (κ2) is 8.72.